The Hall–Kier alpha value is -2.87. The Morgan fingerprint density at radius 1 is 0.783 bits per heavy atom. The molecule has 3 aromatic rings. The maximum atomic E-state index is 13.0. The number of rotatable bonds is 5. The minimum absolute atomic E-state index is 0.0338. The van der Waals surface area contributed by atoms with Crippen molar-refractivity contribution >= 4 is 5.78 Å². The van der Waals surface area contributed by atoms with Crippen molar-refractivity contribution in [3.63, 3.8) is 0 Å². The van der Waals surface area contributed by atoms with Gasteiger partial charge in [-0.25, -0.2) is 0 Å². The van der Waals surface area contributed by atoms with Crippen LogP contribution in [0.1, 0.15) is 27.4 Å². The number of aromatic hydroxyl groups is 1. The lowest BCUT2D eigenvalue weighted by molar-refractivity contribution is 0.0956. The molecule has 2 heteroatoms. The summed E-state index contributed by atoms with van der Waals surface area (Å²) in [5, 5.41) is 10.0. The summed E-state index contributed by atoms with van der Waals surface area (Å²) in [5.74, 6) is -0.337. The highest BCUT2D eigenvalue weighted by Gasteiger charge is 2.24. The molecule has 0 amide bonds. The molecule has 0 aliphatic carbocycles. The number of para-hydroxylation sites is 1. The Labute approximate surface area is 136 Å². The molecule has 0 heterocycles. The van der Waals surface area contributed by atoms with Crippen LogP contribution in [0.2, 0.25) is 0 Å². The zero-order valence-corrected chi connectivity index (χ0v) is 12.7. The van der Waals surface area contributed by atoms with E-state index in [4.69, 9.17) is 0 Å². The Morgan fingerprint density at radius 2 is 1.35 bits per heavy atom. The van der Waals surface area contributed by atoms with Gasteiger partial charge in [-0.2, -0.15) is 0 Å². The largest absolute Gasteiger partial charge is 0.507 e. The first-order valence-corrected chi connectivity index (χ1v) is 7.67. The molecular formula is C21H18O2. The first-order chi connectivity index (χ1) is 11.3. The lowest BCUT2D eigenvalue weighted by Gasteiger charge is -2.17. The van der Waals surface area contributed by atoms with Crippen molar-refractivity contribution < 1.29 is 9.90 Å². The first kappa shape index (κ1) is 15.0. The van der Waals surface area contributed by atoms with Crippen molar-refractivity contribution in [1.82, 2.24) is 0 Å². The maximum Gasteiger partial charge on any atom is 0.174 e. The second-order valence-corrected chi connectivity index (χ2v) is 5.53. The van der Waals surface area contributed by atoms with E-state index in [9.17, 15) is 9.90 Å². The van der Waals surface area contributed by atoms with Gasteiger partial charge in [0.05, 0.1) is 11.5 Å². The maximum absolute atomic E-state index is 13.0. The van der Waals surface area contributed by atoms with Gasteiger partial charge in [0.15, 0.2) is 5.78 Å². The summed E-state index contributed by atoms with van der Waals surface area (Å²) in [7, 11) is 0. The minimum atomic E-state index is -0.313. The molecule has 1 atom stereocenters. The molecule has 0 fully saturated rings. The molecule has 0 aromatic heterocycles. The van der Waals surface area contributed by atoms with Gasteiger partial charge in [-0.15, -0.1) is 0 Å². The minimum Gasteiger partial charge on any atom is -0.507 e. The van der Waals surface area contributed by atoms with Crippen LogP contribution in [0, 0.1) is 0 Å². The van der Waals surface area contributed by atoms with Gasteiger partial charge >= 0.3 is 0 Å². The Kier molecular flexibility index (Phi) is 4.53. The number of phenols is 1. The number of carbonyl (C=O) groups is 1. The van der Waals surface area contributed by atoms with Crippen molar-refractivity contribution in [2.75, 3.05) is 0 Å². The highest BCUT2D eigenvalue weighted by molar-refractivity contribution is 6.03. The van der Waals surface area contributed by atoms with E-state index in [1.165, 1.54) is 0 Å². The van der Waals surface area contributed by atoms with Crippen molar-refractivity contribution in [3.8, 4) is 5.75 Å². The summed E-state index contributed by atoms with van der Waals surface area (Å²) in [4.78, 5) is 13.0. The van der Waals surface area contributed by atoms with Crippen LogP contribution in [-0.4, -0.2) is 10.9 Å². The van der Waals surface area contributed by atoms with Crippen LogP contribution in [0.5, 0.6) is 5.75 Å². The van der Waals surface area contributed by atoms with Gasteiger partial charge in [0, 0.05) is 0 Å². The van der Waals surface area contributed by atoms with Gasteiger partial charge in [-0.1, -0.05) is 72.8 Å². The number of ketones is 1. The molecule has 1 unspecified atom stereocenters. The molecule has 0 spiro atoms. The highest BCUT2D eigenvalue weighted by atomic mass is 16.3. The second kappa shape index (κ2) is 6.93. The van der Waals surface area contributed by atoms with E-state index in [2.05, 4.69) is 0 Å². The monoisotopic (exact) mass is 302 g/mol. The number of benzene rings is 3. The van der Waals surface area contributed by atoms with Gasteiger partial charge < -0.3 is 5.11 Å². The molecule has 0 saturated carbocycles. The predicted octanol–water partition coefficient (Wildman–Crippen LogP) is 4.60. The van der Waals surface area contributed by atoms with Gasteiger partial charge in [-0.3, -0.25) is 4.79 Å². The van der Waals surface area contributed by atoms with E-state index in [0.29, 0.717) is 12.0 Å². The number of hydrogen-bond acceptors (Lipinski definition) is 2. The van der Waals surface area contributed by atoms with Crippen LogP contribution < -0.4 is 0 Å². The van der Waals surface area contributed by atoms with Gasteiger partial charge in [0.1, 0.15) is 5.75 Å². The van der Waals surface area contributed by atoms with Crippen LogP contribution >= 0.6 is 0 Å². The Balaban J connectivity index is 1.98. The van der Waals surface area contributed by atoms with E-state index >= 15 is 0 Å². The van der Waals surface area contributed by atoms with Crippen molar-refractivity contribution in [2.24, 2.45) is 0 Å². The molecule has 0 radical (unpaired) electrons. The van der Waals surface area contributed by atoms with Crippen molar-refractivity contribution in [2.45, 2.75) is 12.3 Å². The fraction of sp³-hybridized carbons (Fsp3) is 0.0952. The molecule has 23 heavy (non-hydrogen) atoms. The van der Waals surface area contributed by atoms with E-state index in [0.717, 1.165) is 11.1 Å². The SMILES string of the molecule is O=C(c1ccccc1O)C(Cc1ccccc1)c1ccccc1. The van der Waals surface area contributed by atoms with E-state index in [1.54, 1.807) is 24.3 Å². The molecule has 0 aliphatic rings. The molecule has 3 aromatic carbocycles. The molecular weight excluding hydrogens is 284 g/mol. The van der Waals surface area contributed by atoms with Gasteiger partial charge in [0.2, 0.25) is 0 Å². The summed E-state index contributed by atoms with van der Waals surface area (Å²) >= 11 is 0. The average molecular weight is 302 g/mol. The standard InChI is InChI=1S/C21H18O2/c22-20-14-8-7-13-18(20)21(23)19(17-11-5-2-6-12-17)15-16-9-3-1-4-10-16/h1-14,19,22H,15H2. The fourth-order valence-corrected chi connectivity index (χ4v) is 2.77. The third kappa shape index (κ3) is 3.49. The molecule has 0 aliphatic heterocycles. The smallest absolute Gasteiger partial charge is 0.174 e. The molecule has 114 valence electrons. The van der Waals surface area contributed by atoms with Crippen LogP contribution in [-0.2, 0) is 6.42 Å². The normalized spacial score (nSPS) is 11.8. The zero-order chi connectivity index (χ0) is 16.1. The molecule has 2 nitrogen and oxygen atoms in total. The lowest BCUT2D eigenvalue weighted by Crippen LogP contribution is -2.16. The molecule has 0 bridgehead atoms. The fourth-order valence-electron chi connectivity index (χ4n) is 2.77. The van der Waals surface area contributed by atoms with E-state index in [1.807, 2.05) is 60.7 Å². The van der Waals surface area contributed by atoms with Crippen molar-refractivity contribution in [1.29, 1.82) is 0 Å². The topological polar surface area (TPSA) is 37.3 Å². The number of Topliss-reactive ketones (excluding diaryl/α,β-unsaturated/α-hetero) is 1. The Bertz CT molecular complexity index is 779. The molecule has 1 N–H and O–H groups in total. The summed E-state index contributed by atoms with van der Waals surface area (Å²) in [6.07, 6.45) is 0.609. The van der Waals surface area contributed by atoms with E-state index < -0.39 is 0 Å². The number of hydrogen-bond donors (Lipinski definition) is 1. The summed E-state index contributed by atoms with van der Waals surface area (Å²) < 4.78 is 0. The quantitative estimate of drug-likeness (QED) is 0.699. The third-order valence-electron chi connectivity index (χ3n) is 3.97. The van der Waals surface area contributed by atoms with Gasteiger partial charge in [-0.05, 0) is 29.7 Å². The van der Waals surface area contributed by atoms with Crippen LogP contribution in [0.4, 0.5) is 0 Å². The second-order valence-electron chi connectivity index (χ2n) is 5.53. The summed E-state index contributed by atoms with van der Waals surface area (Å²) in [6, 6.07) is 26.4. The first-order valence-electron chi connectivity index (χ1n) is 7.67. The average Bonchev–Trinajstić information content (AvgIpc) is 2.61. The third-order valence-corrected chi connectivity index (χ3v) is 3.97. The predicted molar refractivity (Wildman–Crippen MR) is 91.8 cm³/mol. The Morgan fingerprint density at radius 3 is 2.00 bits per heavy atom. The van der Waals surface area contributed by atoms with Crippen LogP contribution in [0.25, 0.3) is 0 Å². The van der Waals surface area contributed by atoms with Crippen molar-refractivity contribution in [3.05, 3.63) is 102 Å². The summed E-state index contributed by atoms with van der Waals surface area (Å²) in [6.45, 7) is 0. The number of phenolic OH excluding ortho intramolecular Hbond substituents is 1. The highest BCUT2D eigenvalue weighted by Crippen LogP contribution is 2.28. The number of carbonyl (C=O) groups excluding carboxylic acids is 1. The van der Waals surface area contributed by atoms with E-state index in [-0.39, 0.29) is 17.5 Å². The molecule has 0 saturated heterocycles. The molecule has 3 rings (SSSR count). The lowest BCUT2D eigenvalue weighted by atomic mass is 9.85. The zero-order valence-electron chi connectivity index (χ0n) is 12.7. The van der Waals surface area contributed by atoms with Crippen LogP contribution in [0.3, 0.4) is 0 Å². The summed E-state index contributed by atoms with van der Waals surface area (Å²) in [5.41, 5.74) is 2.44. The van der Waals surface area contributed by atoms with Gasteiger partial charge in [0.25, 0.3) is 0 Å². The van der Waals surface area contributed by atoms with Crippen LogP contribution in [0.15, 0.2) is 84.9 Å².